The molecule has 2 fully saturated rings. The van der Waals surface area contributed by atoms with Gasteiger partial charge in [-0.3, -0.25) is 18.9 Å². The molecular weight excluding hydrogens is 420 g/mol. The smallest absolute Gasteiger partial charge is 0.267 e. The SMILES string of the molecule is C=CCNc1nc2ccc(C)cn2c(=O)c1/C=C1\SC(=S)N(C[C@H]2CCCO2)C1=O. The van der Waals surface area contributed by atoms with Gasteiger partial charge in [0, 0.05) is 19.3 Å². The second-order valence-electron chi connectivity index (χ2n) is 7.21. The lowest BCUT2D eigenvalue weighted by Gasteiger charge is -2.18. The molecule has 30 heavy (non-hydrogen) atoms. The predicted octanol–water partition coefficient (Wildman–Crippen LogP) is 2.98. The van der Waals surface area contributed by atoms with Gasteiger partial charge >= 0.3 is 0 Å². The number of carbonyl (C=O) groups excluding carboxylic acids is 1. The molecule has 2 aromatic heterocycles. The van der Waals surface area contributed by atoms with Crippen LogP contribution in [0.25, 0.3) is 11.7 Å². The summed E-state index contributed by atoms with van der Waals surface area (Å²) in [6, 6.07) is 3.69. The molecule has 0 aromatic carbocycles. The Hall–Kier alpha value is -2.49. The number of rotatable bonds is 6. The molecule has 1 N–H and O–H groups in total. The zero-order valence-electron chi connectivity index (χ0n) is 16.6. The molecular formula is C21H22N4O3S2. The number of aryl methyl sites for hydroxylation is 1. The molecule has 2 aliphatic heterocycles. The van der Waals surface area contributed by atoms with Gasteiger partial charge in [0.15, 0.2) is 0 Å². The molecule has 0 aliphatic carbocycles. The molecule has 0 saturated carbocycles. The Balaban J connectivity index is 1.74. The highest BCUT2D eigenvalue weighted by atomic mass is 32.2. The Labute approximate surface area is 183 Å². The third-order valence-electron chi connectivity index (χ3n) is 4.98. The van der Waals surface area contributed by atoms with E-state index in [-0.39, 0.29) is 17.6 Å². The van der Waals surface area contributed by atoms with Crippen molar-refractivity contribution in [2.45, 2.75) is 25.9 Å². The fourth-order valence-electron chi connectivity index (χ4n) is 3.47. The topological polar surface area (TPSA) is 75.9 Å². The number of hydrogen-bond donors (Lipinski definition) is 1. The summed E-state index contributed by atoms with van der Waals surface area (Å²) >= 11 is 6.62. The van der Waals surface area contributed by atoms with Crippen molar-refractivity contribution in [3.8, 4) is 0 Å². The number of aromatic nitrogens is 2. The summed E-state index contributed by atoms with van der Waals surface area (Å²) in [5.41, 5.74) is 1.53. The van der Waals surface area contributed by atoms with Crippen LogP contribution in [0.15, 0.2) is 40.7 Å². The van der Waals surface area contributed by atoms with E-state index in [0.717, 1.165) is 18.4 Å². The molecule has 9 heteroatoms. The predicted molar refractivity (Wildman–Crippen MR) is 124 cm³/mol. The van der Waals surface area contributed by atoms with E-state index in [1.54, 1.807) is 29.3 Å². The standard InChI is InChI=1S/C21H22N4O3S2/c1-3-8-22-18-15(19(26)24-11-13(2)6-7-17(24)23-18)10-16-20(27)25(21(29)30-16)12-14-5-4-9-28-14/h3,6-7,10-11,14,22H,1,4-5,8-9,12H2,2H3/b16-10-/t14-/m1/s1. The van der Waals surface area contributed by atoms with Crippen LogP contribution in [0, 0.1) is 6.92 Å². The largest absolute Gasteiger partial charge is 0.376 e. The number of nitrogens with one attached hydrogen (secondary N) is 1. The number of nitrogens with zero attached hydrogens (tertiary/aromatic N) is 3. The third-order valence-corrected chi connectivity index (χ3v) is 6.36. The van der Waals surface area contributed by atoms with Crippen LogP contribution in [0.3, 0.4) is 0 Å². The lowest BCUT2D eigenvalue weighted by atomic mass is 10.2. The summed E-state index contributed by atoms with van der Waals surface area (Å²) < 4.78 is 7.61. The number of thioether (sulfide) groups is 1. The van der Waals surface area contributed by atoms with Gasteiger partial charge in [0.2, 0.25) is 0 Å². The van der Waals surface area contributed by atoms with Gasteiger partial charge in [-0.05, 0) is 37.5 Å². The van der Waals surface area contributed by atoms with E-state index in [0.29, 0.717) is 46.0 Å². The van der Waals surface area contributed by atoms with E-state index in [9.17, 15) is 9.59 Å². The number of fused-ring (bicyclic) bond motifs is 1. The Morgan fingerprint density at radius 2 is 2.27 bits per heavy atom. The van der Waals surface area contributed by atoms with Crippen molar-refractivity contribution in [3.05, 3.63) is 57.4 Å². The van der Waals surface area contributed by atoms with Gasteiger partial charge in [-0.1, -0.05) is 36.1 Å². The molecule has 2 saturated heterocycles. The van der Waals surface area contributed by atoms with Gasteiger partial charge in [0.05, 0.1) is 23.1 Å². The number of anilines is 1. The van der Waals surface area contributed by atoms with Crippen molar-refractivity contribution in [3.63, 3.8) is 0 Å². The van der Waals surface area contributed by atoms with E-state index in [1.165, 1.54) is 16.2 Å². The highest BCUT2D eigenvalue weighted by Crippen LogP contribution is 2.34. The molecule has 7 nitrogen and oxygen atoms in total. The van der Waals surface area contributed by atoms with Crippen molar-refractivity contribution in [1.82, 2.24) is 14.3 Å². The van der Waals surface area contributed by atoms with Crippen molar-refractivity contribution in [1.29, 1.82) is 0 Å². The first kappa shape index (κ1) is 20.8. The first-order chi connectivity index (χ1) is 14.5. The number of ether oxygens (including phenoxy) is 1. The average Bonchev–Trinajstić information content (AvgIpc) is 3.33. The summed E-state index contributed by atoms with van der Waals surface area (Å²) in [6.07, 6.45) is 6.93. The first-order valence-corrected chi connectivity index (χ1v) is 10.9. The number of hydrogen-bond acceptors (Lipinski definition) is 7. The second kappa shape index (κ2) is 8.71. The molecule has 0 radical (unpaired) electrons. The fourth-order valence-corrected chi connectivity index (χ4v) is 4.73. The van der Waals surface area contributed by atoms with Crippen molar-refractivity contribution in [2.75, 3.05) is 25.0 Å². The van der Waals surface area contributed by atoms with Gasteiger partial charge in [-0.2, -0.15) is 0 Å². The van der Waals surface area contributed by atoms with Gasteiger partial charge in [0.25, 0.3) is 11.5 Å². The summed E-state index contributed by atoms with van der Waals surface area (Å²) in [6.45, 7) is 7.21. The Kier molecular flexibility index (Phi) is 6.03. The minimum absolute atomic E-state index is 0.00704. The zero-order valence-corrected chi connectivity index (χ0v) is 18.2. The Morgan fingerprint density at radius 3 is 3.00 bits per heavy atom. The van der Waals surface area contributed by atoms with E-state index in [2.05, 4.69) is 16.9 Å². The van der Waals surface area contributed by atoms with Gasteiger partial charge in [0.1, 0.15) is 15.8 Å². The molecule has 1 atom stereocenters. The van der Waals surface area contributed by atoms with Crippen molar-refractivity contribution >= 4 is 51.7 Å². The molecule has 0 spiro atoms. The molecule has 0 bridgehead atoms. The van der Waals surface area contributed by atoms with Crippen molar-refractivity contribution in [2.24, 2.45) is 0 Å². The molecule has 1 amide bonds. The zero-order chi connectivity index (χ0) is 21.3. The Bertz CT molecular complexity index is 1120. The monoisotopic (exact) mass is 442 g/mol. The maximum absolute atomic E-state index is 13.2. The highest BCUT2D eigenvalue weighted by molar-refractivity contribution is 8.26. The highest BCUT2D eigenvalue weighted by Gasteiger charge is 2.35. The fraction of sp³-hybridized carbons (Fsp3) is 0.333. The summed E-state index contributed by atoms with van der Waals surface area (Å²) in [5, 5.41) is 3.11. The van der Waals surface area contributed by atoms with Gasteiger partial charge in [-0.25, -0.2) is 4.98 Å². The molecule has 0 unspecified atom stereocenters. The lowest BCUT2D eigenvalue weighted by molar-refractivity contribution is -0.123. The minimum atomic E-state index is -0.250. The van der Waals surface area contributed by atoms with Crippen LogP contribution >= 0.6 is 24.0 Å². The quantitative estimate of drug-likeness (QED) is 0.419. The third kappa shape index (κ3) is 4.05. The minimum Gasteiger partial charge on any atom is -0.376 e. The molecule has 4 heterocycles. The average molecular weight is 443 g/mol. The number of thiocarbonyl (C=S) groups is 1. The van der Waals surface area contributed by atoms with Gasteiger partial charge in [-0.15, -0.1) is 6.58 Å². The summed E-state index contributed by atoms with van der Waals surface area (Å²) in [7, 11) is 0. The van der Waals surface area contributed by atoms with Crippen LogP contribution in [0.5, 0.6) is 0 Å². The van der Waals surface area contributed by atoms with Crippen LogP contribution in [-0.2, 0) is 9.53 Å². The molecule has 156 valence electrons. The number of carbonyl (C=O) groups is 1. The molecule has 2 aliphatic rings. The van der Waals surface area contributed by atoms with Crippen LogP contribution in [0.4, 0.5) is 5.82 Å². The van der Waals surface area contributed by atoms with E-state index in [4.69, 9.17) is 17.0 Å². The van der Waals surface area contributed by atoms with E-state index >= 15 is 0 Å². The second-order valence-corrected chi connectivity index (χ2v) is 8.89. The Morgan fingerprint density at radius 1 is 1.43 bits per heavy atom. The van der Waals surface area contributed by atoms with Crippen molar-refractivity contribution < 1.29 is 9.53 Å². The number of amides is 1. The van der Waals surface area contributed by atoms with Crippen LogP contribution in [0.2, 0.25) is 0 Å². The van der Waals surface area contributed by atoms with Crippen LogP contribution in [0.1, 0.15) is 24.0 Å². The first-order valence-electron chi connectivity index (χ1n) is 9.72. The lowest BCUT2D eigenvalue weighted by Crippen LogP contribution is -2.35. The summed E-state index contributed by atoms with van der Waals surface area (Å²) in [5.74, 6) is 0.206. The normalized spacial score (nSPS) is 20.5. The maximum Gasteiger partial charge on any atom is 0.267 e. The number of pyridine rings is 1. The molecule has 2 aromatic rings. The van der Waals surface area contributed by atoms with Gasteiger partial charge < -0.3 is 10.1 Å². The van der Waals surface area contributed by atoms with Crippen LogP contribution < -0.4 is 10.9 Å². The summed E-state index contributed by atoms with van der Waals surface area (Å²) in [4.78, 5) is 32.8. The van der Waals surface area contributed by atoms with E-state index in [1.807, 2.05) is 13.0 Å². The molecule has 4 rings (SSSR count). The van der Waals surface area contributed by atoms with E-state index < -0.39 is 0 Å². The van der Waals surface area contributed by atoms with Crippen LogP contribution in [-0.4, -0.2) is 50.3 Å². The maximum atomic E-state index is 13.2.